The Kier molecular flexibility index (Phi) is 8.29. The highest BCUT2D eigenvalue weighted by atomic mass is 16.7. The molecule has 2 unspecified atom stereocenters. The Labute approximate surface area is 298 Å². The zero-order valence-corrected chi connectivity index (χ0v) is 31.7. The number of aliphatic hydroxyl groups excluding tert-OH is 1. The van der Waals surface area contributed by atoms with Crippen molar-refractivity contribution in [3.8, 4) is 0 Å². The minimum absolute atomic E-state index is 0.0255. The van der Waals surface area contributed by atoms with Crippen molar-refractivity contribution in [2.45, 2.75) is 162 Å². The minimum atomic E-state index is -1.27. The molecular weight excluding hydrogens is 638 g/mol. The molecule has 3 heterocycles. The monoisotopic (exact) mass is 701 g/mol. The van der Waals surface area contributed by atoms with Crippen molar-refractivity contribution in [3.05, 3.63) is 0 Å². The maximum Gasteiger partial charge on any atom is 0.323 e. The maximum absolute atomic E-state index is 12.6. The summed E-state index contributed by atoms with van der Waals surface area (Å²) in [6.45, 7) is 19.1. The molecule has 0 radical (unpaired) electrons. The predicted octanol–water partition coefficient (Wildman–Crippen LogP) is 4.86. The summed E-state index contributed by atoms with van der Waals surface area (Å²) in [6.07, 6.45) is 6.81. The normalized spacial score (nSPS) is 51.7. The van der Waals surface area contributed by atoms with Crippen LogP contribution in [0, 0.1) is 50.7 Å². The van der Waals surface area contributed by atoms with Crippen molar-refractivity contribution in [2.75, 3.05) is 26.3 Å². The quantitative estimate of drug-likeness (QED) is 0.371. The van der Waals surface area contributed by atoms with Crippen LogP contribution in [-0.2, 0) is 33.3 Å². The lowest BCUT2D eigenvalue weighted by atomic mass is 9.41. The number of nitrogens with zero attached hydrogens (tertiary/aromatic N) is 1. The topological polar surface area (TPSA) is 124 Å². The number of carbonyl (C=O) groups is 2. The summed E-state index contributed by atoms with van der Waals surface area (Å²) in [4.78, 5) is 26.6. The molecule has 3 saturated heterocycles. The lowest BCUT2D eigenvalue weighted by Gasteiger charge is -2.64. The van der Waals surface area contributed by atoms with Crippen LogP contribution < -0.4 is 0 Å². The van der Waals surface area contributed by atoms with Crippen LogP contribution in [0.2, 0.25) is 0 Å². The maximum atomic E-state index is 12.6. The number of fused-ring (bicyclic) bond motifs is 4. The van der Waals surface area contributed by atoms with Gasteiger partial charge in [-0.3, -0.25) is 14.5 Å². The summed E-state index contributed by atoms with van der Waals surface area (Å²) in [7, 11) is 0. The highest BCUT2D eigenvalue weighted by Crippen LogP contribution is 2.89. The van der Waals surface area contributed by atoms with Gasteiger partial charge < -0.3 is 33.9 Å². The highest BCUT2D eigenvalue weighted by Gasteiger charge is 2.84. The van der Waals surface area contributed by atoms with Gasteiger partial charge in [0, 0.05) is 25.3 Å². The van der Waals surface area contributed by atoms with Gasteiger partial charge in [0.25, 0.3) is 0 Å². The average Bonchev–Trinajstić information content (AvgIpc) is 3.44. The Morgan fingerprint density at radius 3 is 2.42 bits per heavy atom. The molecule has 3 aliphatic heterocycles. The van der Waals surface area contributed by atoms with Gasteiger partial charge in [0.1, 0.15) is 6.04 Å². The number of cyclic esters (lactones) is 1. The standard InChI is InChI=1S/C40H63NO9/c1-22-19-25(33(36(5,6)45)48-23(2)42)49-31-30(22)37(7)14-15-40-21-39(40)13-11-28(35(3,4)26(39)9-10-27(40)38(37,8)32(31)43)50-29-20-41(16-18-46-29)24-12-17-47-34(24)44/h22,24-33,43,45H,9-21H2,1-8H3/t22-,24-,25?,26+,27+,28+,29+,30?,31+,32+,33+,37-,38-,39-,40+/m1/s1. The van der Waals surface area contributed by atoms with E-state index in [0.29, 0.717) is 38.0 Å². The zero-order chi connectivity index (χ0) is 35.8. The van der Waals surface area contributed by atoms with E-state index in [1.165, 1.54) is 19.8 Å². The first-order valence-electron chi connectivity index (χ1n) is 19.8. The fraction of sp³-hybridized carbons (Fsp3) is 0.950. The molecule has 5 saturated carbocycles. The van der Waals surface area contributed by atoms with Crippen LogP contribution in [0.4, 0.5) is 0 Å². The predicted molar refractivity (Wildman–Crippen MR) is 184 cm³/mol. The van der Waals surface area contributed by atoms with E-state index in [4.69, 9.17) is 23.7 Å². The number of ether oxygens (including phenoxy) is 5. The van der Waals surface area contributed by atoms with Crippen LogP contribution in [0.15, 0.2) is 0 Å². The summed E-state index contributed by atoms with van der Waals surface area (Å²) in [6, 6.07) is -0.182. The third kappa shape index (κ3) is 4.79. The van der Waals surface area contributed by atoms with Crippen LogP contribution in [0.5, 0.6) is 0 Å². The molecule has 8 fully saturated rings. The van der Waals surface area contributed by atoms with Crippen LogP contribution in [0.3, 0.4) is 0 Å². The number of aliphatic hydroxyl groups is 2. The Bertz CT molecular complexity index is 1380. The molecule has 2 N–H and O–H groups in total. The molecule has 10 nitrogen and oxygen atoms in total. The lowest BCUT2D eigenvalue weighted by molar-refractivity contribution is -0.250. The Morgan fingerprint density at radius 1 is 1.02 bits per heavy atom. The lowest BCUT2D eigenvalue weighted by Crippen LogP contribution is -2.60. The van der Waals surface area contributed by atoms with Crippen LogP contribution in [-0.4, -0.2) is 102 Å². The molecule has 8 aliphatic rings. The van der Waals surface area contributed by atoms with Crippen molar-refractivity contribution >= 4 is 11.9 Å². The third-order valence-electron chi connectivity index (χ3n) is 16.8. The number of carbonyl (C=O) groups excluding carboxylic acids is 2. The first-order valence-corrected chi connectivity index (χ1v) is 19.8. The van der Waals surface area contributed by atoms with E-state index >= 15 is 0 Å². The van der Waals surface area contributed by atoms with E-state index in [1.54, 1.807) is 13.8 Å². The second-order valence-electron chi connectivity index (χ2n) is 19.6. The van der Waals surface area contributed by atoms with Gasteiger partial charge in [-0.05, 0) is 111 Å². The zero-order valence-electron chi connectivity index (χ0n) is 31.7. The first-order chi connectivity index (χ1) is 23.4. The second kappa shape index (κ2) is 11.6. The second-order valence-corrected chi connectivity index (χ2v) is 19.6. The van der Waals surface area contributed by atoms with Crippen molar-refractivity contribution in [3.63, 3.8) is 0 Å². The minimum Gasteiger partial charge on any atom is -0.464 e. The molecule has 0 aromatic carbocycles. The molecule has 5 aliphatic carbocycles. The van der Waals surface area contributed by atoms with E-state index in [0.717, 1.165) is 45.1 Å². The van der Waals surface area contributed by atoms with Gasteiger partial charge in [-0.25, -0.2) is 0 Å². The molecule has 10 heteroatoms. The van der Waals surface area contributed by atoms with E-state index in [9.17, 15) is 19.8 Å². The van der Waals surface area contributed by atoms with Crippen molar-refractivity contribution < 1.29 is 43.5 Å². The van der Waals surface area contributed by atoms with E-state index < -0.39 is 29.9 Å². The summed E-state index contributed by atoms with van der Waals surface area (Å²) < 4.78 is 30.8. The molecule has 15 atom stereocenters. The molecule has 282 valence electrons. The van der Waals surface area contributed by atoms with Crippen LogP contribution in [0.25, 0.3) is 0 Å². The Hall–Kier alpha value is -1.30. The summed E-state index contributed by atoms with van der Waals surface area (Å²) >= 11 is 0. The van der Waals surface area contributed by atoms with Gasteiger partial charge in [-0.1, -0.05) is 34.6 Å². The molecule has 0 aromatic rings. The molecule has 2 spiro atoms. The molecular formula is C40H63NO9. The molecule has 8 rings (SSSR count). The van der Waals surface area contributed by atoms with E-state index in [2.05, 4.69) is 39.5 Å². The summed E-state index contributed by atoms with van der Waals surface area (Å²) in [5, 5.41) is 23.6. The average molecular weight is 702 g/mol. The van der Waals surface area contributed by atoms with Crippen molar-refractivity contribution in [2.24, 2.45) is 50.7 Å². The highest BCUT2D eigenvalue weighted by molar-refractivity contribution is 5.77. The van der Waals surface area contributed by atoms with Gasteiger partial charge in [0.2, 0.25) is 0 Å². The number of rotatable bonds is 6. The third-order valence-corrected chi connectivity index (χ3v) is 16.8. The first kappa shape index (κ1) is 35.7. The fourth-order valence-electron chi connectivity index (χ4n) is 14.6. The fourth-order valence-corrected chi connectivity index (χ4v) is 14.6. The Balaban J connectivity index is 1.02. The number of morpholine rings is 1. The van der Waals surface area contributed by atoms with Gasteiger partial charge in [-0.2, -0.15) is 0 Å². The van der Waals surface area contributed by atoms with E-state index in [1.807, 2.05) is 0 Å². The molecule has 0 amide bonds. The summed E-state index contributed by atoms with van der Waals surface area (Å²) in [5.41, 5.74) is -1.19. The number of hydrogen-bond donors (Lipinski definition) is 2. The van der Waals surface area contributed by atoms with Gasteiger partial charge in [0.15, 0.2) is 12.4 Å². The SMILES string of the molecule is CC(=O)O[C@@H](C1C[C@@H](C)C2[C@H](O1)[C@H](O)[C@@]1(C)[C@@H]3CC[C@H]4C(C)(C)[C@@H](O[C@H]5CN([C@@H]6CCOC6=O)CCO5)CC[C@@]45C[C@@]35CC[C@]21C)C(C)(C)O. The number of hydrogen-bond acceptors (Lipinski definition) is 10. The van der Waals surface area contributed by atoms with Gasteiger partial charge in [-0.15, -0.1) is 0 Å². The molecule has 50 heavy (non-hydrogen) atoms. The van der Waals surface area contributed by atoms with Gasteiger partial charge >= 0.3 is 11.9 Å². The van der Waals surface area contributed by atoms with Crippen LogP contribution >= 0.6 is 0 Å². The van der Waals surface area contributed by atoms with Crippen molar-refractivity contribution in [1.29, 1.82) is 0 Å². The van der Waals surface area contributed by atoms with E-state index in [-0.39, 0.29) is 69.4 Å². The smallest absolute Gasteiger partial charge is 0.323 e. The number of esters is 2. The largest absolute Gasteiger partial charge is 0.464 e. The van der Waals surface area contributed by atoms with Gasteiger partial charge in [0.05, 0.1) is 49.8 Å². The summed E-state index contributed by atoms with van der Waals surface area (Å²) in [5.74, 6) is 0.853. The molecule has 0 bridgehead atoms. The molecule has 0 aromatic heterocycles. The van der Waals surface area contributed by atoms with Crippen molar-refractivity contribution in [1.82, 2.24) is 4.90 Å². The van der Waals surface area contributed by atoms with Crippen LogP contribution in [0.1, 0.15) is 113 Å². The Morgan fingerprint density at radius 2 is 1.74 bits per heavy atom.